The van der Waals surface area contributed by atoms with Crippen molar-refractivity contribution in [1.82, 2.24) is 0 Å². The average molecular weight is 258 g/mol. The molecule has 19 heavy (non-hydrogen) atoms. The smallest absolute Gasteiger partial charge is 0.166 e. The van der Waals surface area contributed by atoms with Crippen LogP contribution in [-0.4, -0.2) is 12.4 Å². The molecule has 0 radical (unpaired) electrons. The summed E-state index contributed by atoms with van der Waals surface area (Å²) in [6, 6.07) is 7.66. The zero-order valence-corrected chi connectivity index (χ0v) is 11.6. The third-order valence-electron chi connectivity index (χ3n) is 4.82. The Labute approximate surface area is 115 Å². The number of carbonyl (C=O) groups is 1. The van der Waals surface area contributed by atoms with E-state index in [1.807, 2.05) is 31.2 Å². The molecular weight excluding hydrogens is 236 g/mol. The molecule has 0 saturated heterocycles. The highest BCUT2D eigenvalue weighted by Gasteiger charge is 2.40. The Morgan fingerprint density at radius 1 is 1.26 bits per heavy atom. The fourth-order valence-corrected chi connectivity index (χ4v) is 3.95. The minimum atomic E-state index is 0.265. The quantitative estimate of drug-likeness (QED) is 0.743. The molecule has 2 aliphatic rings. The van der Waals surface area contributed by atoms with Crippen LogP contribution in [0.15, 0.2) is 24.3 Å². The molecule has 1 aromatic rings. The van der Waals surface area contributed by atoms with Crippen molar-refractivity contribution in [2.24, 2.45) is 17.8 Å². The predicted molar refractivity (Wildman–Crippen MR) is 75.5 cm³/mol. The number of ether oxygens (including phenoxy) is 1. The highest BCUT2D eigenvalue weighted by molar-refractivity contribution is 5.98. The zero-order chi connectivity index (χ0) is 13.2. The summed E-state index contributed by atoms with van der Waals surface area (Å²) >= 11 is 0. The highest BCUT2D eigenvalue weighted by Crippen LogP contribution is 2.49. The van der Waals surface area contributed by atoms with Crippen molar-refractivity contribution in [3.63, 3.8) is 0 Å². The van der Waals surface area contributed by atoms with Crippen molar-refractivity contribution in [3.05, 3.63) is 29.8 Å². The number of Topliss-reactive ketones (excluding diaryl/α,β-unsaturated/α-hetero) is 1. The molecular formula is C17H22O2. The molecule has 1 aromatic carbocycles. The molecule has 2 aliphatic carbocycles. The van der Waals surface area contributed by atoms with Crippen LogP contribution in [0.1, 0.15) is 49.4 Å². The summed E-state index contributed by atoms with van der Waals surface area (Å²) in [5, 5.41) is 0. The lowest BCUT2D eigenvalue weighted by Gasteiger charge is -2.21. The second-order valence-corrected chi connectivity index (χ2v) is 5.99. The van der Waals surface area contributed by atoms with Crippen LogP contribution in [0.3, 0.4) is 0 Å². The summed E-state index contributed by atoms with van der Waals surface area (Å²) in [6.45, 7) is 2.57. The average Bonchev–Trinajstić information content (AvgIpc) is 3.02. The van der Waals surface area contributed by atoms with Gasteiger partial charge in [0, 0.05) is 6.42 Å². The van der Waals surface area contributed by atoms with E-state index in [4.69, 9.17) is 4.74 Å². The first-order chi connectivity index (χ1) is 9.28. The number of benzene rings is 1. The van der Waals surface area contributed by atoms with Gasteiger partial charge in [0.05, 0.1) is 12.2 Å². The van der Waals surface area contributed by atoms with Crippen LogP contribution < -0.4 is 4.74 Å². The van der Waals surface area contributed by atoms with Gasteiger partial charge in [0.25, 0.3) is 0 Å². The number of hydrogen-bond donors (Lipinski definition) is 0. The van der Waals surface area contributed by atoms with Crippen LogP contribution in [0, 0.1) is 17.8 Å². The molecule has 0 N–H and O–H groups in total. The van der Waals surface area contributed by atoms with Gasteiger partial charge >= 0.3 is 0 Å². The van der Waals surface area contributed by atoms with Gasteiger partial charge in [-0.25, -0.2) is 0 Å². The molecule has 0 aromatic heterocycles. The van der Waals surface area contributed by atoms with E-state index in [1.54, 1.807) is 0 Å². The summed E-state index contributed by atoms with van der Waals surface area (Å²) in [6.07, 6.45) is 6.09. The third-order valence-corrected chi connectivity index (χ3v) is 4.82. The SMILES string of the molecule is CCOc1ccccc1C(=O)CC1CC2CCC1C2. The van der Waals surface area contributed by atoms with E-state index in [0.717, 1.165) is 23.1 Å². The van der Waals surface area contributed by atoms with Crippen molar-refractivity contribution >= 4 is 5.78 Å². The van der Waals surface area contributed by atoms with E-state index < -0.39 is 0 Å². The van der Waals surface area contributed by atoms with Crippen LogP contribution in [-0.2, 0) is 0 Å². The maximum Gasteiger partial charge on any atom is 0.166 e. The second-order valence-electron chi connectivity index (χ2n) is 5.99. The van der Waals surface area contributed by atoms with E-state index in [-0.39, 0.29) is 5.78 Å². The van der Waals surface area contributed by atoms with Crippen molar-refractivity contribution in [1.29, 1.82) is 0 Å². The van der Waals surface area contributed by atoms with Gasteiger partial charge in [-0.1, -0.05) is 18.6 Å². The zero-order valence-electron chi connectivity index (χ0n) is 11.6. The monoisotopic (exact) mass is 258 g/mol. The molecule has 2 bridgehead atoms. The molecule has 0 spiro atoms. The van der Waals surface area contributed by atoms with Crippen molar-refractivity contribution in [2.45, 2.75) is 39.0 Å². The molecule has 3 atom stereocenters. The highest BCUT2D eigenvalue weighted by atomic mass is 16.5. The first-order valence-electron chi connectivity index (χ1n) is 7.53. The van der Waals surface area contributed by atoms with Gasteiger partial charge in [0.2, 0.25) is 0 Å². The van der Waals surface area contributed by atoms with Crippen molar-refractivity contribution < 1.29 is 9.53 Å². The Balaban J connectivity index is 1.70. The fourth-order valence-electron chi connectivity index (χ4n) is 3.95. The van der Waals surface area contributed by atoms with Crippen molar-refractivity contribution in [2.75, 3.05) is 6.61 Å². The minimum Gasteiger partial charge on any atom is -0.493 e. The summed E-state index contributed by atoms with van der Waals surface area (Å²) in [7, 11) is 0. The Bertz CT molecular complexity index is 466. The van der Waals surface area contributed by atoms with Gasteiger partial charge in [-0.15, -0.1) is 0 Å². The van der Waals surface area contributed by atoms with Gasteiger partial charge in [-0.05, 0) is 56.1 Å². The van der Waals surface area contributed by atoms with E-state index >= 15 is 0 Å². The van der Waals surface area contributed by atoms with E-state index in [2.05, 4.69) is 0 Å². The van der Waals surface area contributed by atoms with Gasteiger partial charge in [-0.2, -0.15) is 0 Å². The summed E-state index contributed by atoms with van der Waals surface area (Å²) in [4.78, 5) is 12.5. The lowest BCUT2D eigenvalue weighted by molar-refractivity contribution is 0.0940. The normalized spacial score (nSPS) is 28.6. The topological polar surface area (TPSA) is 26.3 Å². The molecule has 2 nitrogen and oxygen atoms in total. The molecule has 102 valence electrons. The number of ketones is 1. The molecule has 0 aliphatic heterocycles. The summed E-state index contributed by atoms with van der Waals surface area (Å²) < 4.78 is 5.56. The Kier molecular flexibility index (Phi) is 3.58. The van der Waals surface area contributed by atoms with Crippen LogP contribution in [0.5, 0.6) is 5.75 Å². The van der Waals surface area contributed by atoms with Crippen molar-refractivity contribution in [3.8, 4) is 5.75 Å². The molecule has 3 rings (SSSR count). The van der Waals surface area contributed by atoms with Crippen LogP contribution in [0.4, 0.5) is 0 Å². The maximum atomic E-state index is 12.5. The molecule has 0 amide bonds. The maximum absolute atomic E-state index is 12.5. The van der Waals surface area contributed by atoms with Crippen LogP contribution >= 0.6 is 0 Å². The molecule has 2 saturated carbocycles. The predicted octanol–water partition coefficient (Wildman–Crippen LogP) is 4.09. The second kappa shape index (κ2) is 5.36. The lowest BCUT2D eigenvalue weighted by Crippen LogP contribution is -2.16. The number of hydrogen-bond acceptors (Lipinski definition) is 2. The van der Waals surface area contributed by atoms with Crippen LogP contribution in [0.2, 0.25) is 0 Å². The van der Waals surface area contributed by atoms with E-state index in [9.17, 15) is 4.79 Å². The van der Waals surface area contributed by atoms with Gasteiger partial charge in [0.15, 0.2) is 5.78 Å². The number of carbonyl (C=O) groups excluding carboxylic acids is 1. The largest absolute Gasteiger partial charge is 0.493 e. The molecule has 2 fully saturated rings. The number of rotatable bonds is 5. The van der Waals surface area contributed by atoms with Crippen LogP contribution in [0.25, 0.3) is 0 Å². The molecule has 0 heterocycles. The third kappa shape index (κ3) is 2.54. The minimum absolute atomic E-state index is 0.265. The summed E-state index contributed by atoms with van der Waals surface area (Å²) in [5.41, 5.74) is 0.770. The van der Waals surface area contributed by atoms with E-state index in [0.29, 0.717) is 18.9 Å². The van der Waals surface area contributed by atoms with Gasteiger partial charge in [-0.3, -0.25) is 4.79 Å². The lowest BCUT2D eigenvalue weighted by atomic mass is 9.84. The first kappa shape index (κ1) is 12.7. The fraction of sp³-hybridized carbons (Fsp3) is 0.588. The van der Waals surface area contributed by atoms with Gasteiger partial charge < -0.3 is 4.74 Å². The standard InChI is InChI=1S/C17H22O2/c1-2-19-17-6-4-3-5-15(17)16(18)11-14-10-12-7-8-13(14)9-12/h3-6,12-14H,2,7-11H2,1H3. The first-order valence-corrected chi connectivity index (χ1v) is 7.53. The number of fused-ring (bicyclic) bond motifs is 2. The Hall–Kier alpha value is -1.31. The van der Waals surface area contributed by atoms with E-state index in [1.165, 1.54) is 25.7 Å². The molecule has 3 unspecified atom stereocenters. The Morgan fingerprint density at radius 3 is 2.79 bits per heavy atom. The summed E-state index contributed by atoms with van der Waals surface area (Å²) in [5.74, 6) is 3.36. The molecule has 2 heteroatoms. The Morgan fingerprint density at radius 2 is 2.11 bits per heavy atom. The number of para-hydroxylation sites is 1. The van der Waals surface area contributed by atoms with Gasteiger partial charge in [0.1, 0.15) is 5.75 Å².